The van der Waals surface area contributed by atoms with Crippen molar-refractivity contribution < 1.29 is 22.5 Å². The van der Waals surface area contributed by atoms with E-state index < -0.39 is 27.9 Å². The summed E-state index contributed by atoms with van der Waals surface area (Å²) in [6.45, 7) is 3.85. The number of hydrogen-bond acceptors (Lipinski definition) is 8. The number of hydrogen-bond donors (Lipinski definition) is 2. The number of rotatable bonds is 7. The number of sulfonamides is 1. The fraction of sp³-hybridized carbons (Fsp3) is 0.278. The van der Waals surface area contributed by atoms with E-state index >= 15 is 0 Å². The molecule has 0 bridgehead atoms. The second kappa shape index (κ2) is 8.38. The van der Waals surface area contributed by atoms with Crippen molar-refractivity contribution in [2.75, 3.05) is 0 Å². The number of allylic oxidation sites excluding steroid dienone is 2. The maximum atomic E-state index is 13.1. The van der Waals surface area contributed by atoms with E-state index in [-0.39, 0.29) is 21.7 Å². The molecular formula is C18H18ClFN6O4S. The lowest BCUT2D eigenvalue weighted by molar-refractivity contribution is 0.0672. The van der Waals surface area contributed by atoms with Gasteiger partial charge in [0.15, 0.2) is 5.82 Å². The number of nitrogens with zero attached hydrogens (tertiary/aromatic N) is 4. The zero-order valence-corrected chi connectivity index (χ0v) is 18.0. The third-order valence-corrected chi connectivity index (χ3v) is 6.63. The van der Waals surface area contributed by atoms with Gasteiger partial charge in [-0.2, -0.15) is 0 Å². The van der Waals surface area contributed by atoms with Crippen LogP contribution in [0.2, 0.25) is 0 Å². The van der Waals surface area contributed by atoms with Crippen molar-refractivity contribution in [3.8, 4) is 11.8 Å². The number of ether oxygens (including phenoxy) is 1. The summed E-state index contributed by atoms with van der Waals surface area (Å²) < 4.78 is 49.1. The molecule has 2 atom stereocenters. The zero-order chi connectivity index (χ0) is 22.2. The molecule has 0 fully saturated rings. The van der Waals surface area contributed by atoms with E-state index in [4.69, 9.17) is 21.3 Å². The summed E-state index contributed by atoms with van der Waals surface area (Å²) in [5.41, 5.74) is 2.73. The third-order valence-electron chi connectivity index (χ3n) is 4.58. The van der Waals surface area contributed by atoms with Crippen molar-refractivity contribution >= 4 is 27.3 Å². The van der Waals surface area contributed by atoms with Crippen LogP contribution in [0.3, 0.4) is 0 Å². The molecule has 1 aliphatic carbocycles. The van der Waals surface area contributed by atoms with Crippen LogP contribution in [-0.2, 0) is 21.5 Å². The Hall–Kier alpha value is -2.80. The van der Waals surface area contributed by atoms with Gasteiger partial charge in [-0.05, 0) is 44.2 Å². The van der Waals surface area contributed by atoms with Crippen LogP contribution in [0.1, 0.15) is 25.7 Å². The van der Waals surface area contributed by atoms with Crippen LogP contribution >= 0.6 is 11.6 Å². The number of oxime groups is 1. The van der Waals surface area contributed by atoms with Crippen LogP contribution < -0.4 is 14.9 Å². The highest BCUT2D eigenvalue weighted by atomic mass is 35.5. The highest BCUT2D eigenvalue weighted by Crippen LogP contribution is 2.29. The predicted octanol–water partition coefficient (Wildman–Crippen LogP) is 2.49. The minimum absolute atomic E-state index is 0.0132. The molecule has 1 aromatic heterocycles. The Morgan fingerprint density at radius 1 is 1.35 bits per heavy atom. The second-order valence-corrected chi connectivity index (χ2v) is 8.74. The van der Waals surface area contributed by atoms with Gasteiger partial charge in [0.25, 0.3) is 0 Å². The van der Waals surface area contributed by atoms with Crippen LogP contribution in [0.25, 0.3) is 0 Å². The smallest absolute Gasteiger partial charge is 0.322 e. The highest BCUT2D eigenvalue weighted by Gasteiger charge is 2.37. The normalized spacial score (nSPS) is 19.1. The number of nitrogens with one attached hydrogen (secondary N) is 2. The summed E-state index contributed by atoms with van der Waals surface area (Å²) in [7, 11) is -4.08. The van der Waals surface area contributed by atoms with Crippen molar-refractivity contribution in [2.45, 2.75) is 32.5 Å². The molecule has 0 saturated carbocycles. The molecule has 2 N–H and O–H groups in total. The molecule has 31 heavy (non-hydrogen) atoms. The molecule has 2 aliphatic rings. The maximum Gasteiger partial charge on any atom is 0.322 e. The monoisotopic (exact) mass is 468 g/mol. The van der Waals surface area contributed by atoms with Crippen LogP contribution in [0.4, 0.5) is 4.39 Å². The molecular weight excluding hydrogens is 451 g/mol. The molecule has 0 saturated heterocycles. The van der Waals surface area contributed by atoms with E-state index in [0.29, 0.717) is 18.1 Å². The van der Waals surface area contributed by atoms with Crippen LogP contribution in [0.5, 0.6) is 11.8 Å². The summed E-state index contributed by atoms with van der Waals surface area (Å²) in [4.78, 5) is 4.62. The lowest BCUT2D eigenvalue weighted by atomic mass is 10.1. The van der Waals surface area contributed by atoms with Crippen LogP contribution in [0, 0.1) is 5.82 Å². The van der Waals surface area contributed by atoms with Crippen molar-refractivity contribution in [3.05, 3.63) is 58.0 Å². The summed E-state index contributed by atoms with van der Waals surface area (Å²) >= 11 is 6.16. The standard InChI is InChI=1S/C18H18ClFN6O4S/c1-3-26-17(21-22-18(26)29-12-6-4-11(20)5-7-12)10(2)25-31(27,28)16-13(19)8-9-14-15(16)24-30-23-14/h4-10,14,23,25H,3H2,1-2H3/t10-,14?/m1/s1. The van der Waals surface area contributed by atoms with Crippen LogP contribution in [0.15, 0.2) is 51.5 Å². The van der Waals surface area contributed by atoms with Gasteiger partial charge in [0, 0.05) is 6.54 Å². The SMILES string of the molecule is CCn1c(Oc2ccc(F)cc2)nnc1[C@@H](C)NS(=O)(=O)C1=C(Cl)C=CC2NON=C12. The molecule has 13 heteroatoms. The van der Waals surface area contributed by atoms with Gasteiger partial charge in [0.2, 0.25) is 10.0 Å². The fourth-order valence-corrected chi connectivity index (χ4v) is 5.08. The fourth-order valence-electron chi connectivity index (χ4n) is 3.15. The van der Waals surface area contributed by atoms with E-state index in [9.17, 15) is 12.8 Å². The first-order chi connectivity index (χ1) is 14.8. The van der Waals surface area contributed by atoms with Gasteiger partial charge in [-0.25, -0.2) is 17.5 Å². The number of fused-ring (bicyclic) bond motifs is 1. The lowest BCUT2D eigenvalue weighted by Gasteiger charge is -2.19. The number of halogens is 2. The van der Waals surface area contributed by atoms with Gasteiger partial charge in [-0.15, -0.1) is 10.6 Å². The minimum atomic E-state index is -4.08. The van der Waals surface area contributed by atoms with Crippen molar-refractivity contribution in [1.29, 1.82) is 0 Å². The topological polar surface area (TPSA) is 120 Å². The van der Waals surface area contributed by atoms with Crippen LogP contribution in [-0.4, -0.2) is 34.9 Å². The lowest BCUT2D eigenvalue weighted by Crippen LogP contribution is -2.38. The van der Waals surface area contributed by atoms with Gasteiger partial charge >= 0.3 is 6.01 Å². The summed E-state index contributed by atoms with van der Waals surface area (Å²) in [6.07, 6.45) is 3.11. The molecule has 0 amide bonds. The van der Waals surface area contributed by atoms with Gasteiger partial charge in [-0.1, -0.05) is 27.9 Å². The van der Waals surface area contributed by atoms with E-state index in [2.05, 4.69) is 25.6 Å². The molecule has 1 unspecified atom stereocenters. The zero-order valence-electron chi connectivity index (χ0n) is 16.4. The molecule has 2 heterocycles. The molecule has 4 rings (SSSR count). The molecule has 164 valence electrons. The Kier molecular flexibility index (Phi) is 5.79. The van der Waals surface area contributed by atoms with Gasteiger partial charge in [-0.3, -0.25) is 9.51 Å². The first kappa shape index (κ1) is 21.4. The van der Waals surface area contributed by atoms with Gasteiger partial charge in [0.05, 0.1) is 11.1 Å². The maximum absolute atomic E-state index is 13.1. The van der Waals surface area contributed by atoms with E-state index in [1.165, 1.54) is 30.3 Å². The Labute approximate surface area is 182 Å². The molecule has 1 aliphatic heterocycles. The molecule has 0 spiro atoms. The minimum Gasteiger partial charge on any atom is -0.424 e. The number of hydroxylamine groups is 1. The van der Waals surface area contributed by atoms with Crippen molar-refractivity contribution in [3.63, 3.8) is 0 Å². The highest BCUT2D eigenvalue weighted by molar-refractivity contribution is 7.94. The van der Waals surface area contributed by atoms with E-state index in [1.807, 2.05) is 6.92 Å². The number of benzene rings is 1. The van der Waals surface area contributed by atoms with Gasteiger partial charge in [0.1, 0.15) is 28.2 Å². The summed E-state index contributed by atoms with van der Waals surface area (Å²) in [5.74, 6) is 0.297. The average Bonchev–Trinajstić information content (AvgIpc) is 3.35. The molecule has 10 nitrogen and oxygen atoms in total. The molecule has 1 aromatic carbocycles. The third kappa shape index (κ3) is 4.19. The van der Waals surface area contributed by atoms with Crippen molar-refractivity contribution in [2.24, 2.45) is 5.16 Å². The largest absolute Gasteiger partial charge is 0.424 e. The Morgan fingerprint density at radius 2 is 2.10 bits per heavy atom. The van der Waals surface area contributed by atoms with Crippen molar-refractivity contribution in [1.82, 2.24) is 25.0 Å². The number of aromatic nitrogens is 3. The van der Waals surface area contributed by atoms with Gasteiger partial charge < -0.3 is 4.74 Å². The second-order valence-electron chi connectivity index (χ2n) is 6.68. The Morgan fingerprint density at radius 3 is 2.81 bits per heavy atom. The average molecular weight is 469 g/mol. The summed E-state index contributed by atoms with van der Waals surface area (Å²) in [5, 5.41) is 11.8. The molecule has 2 aromatic rings. The van der Waals surface area contributed by atoms with E-state index in [1.54, 1.807) is 17.6 Å². The first-order valence-electron chi connectivity index (χ1n) is 9.26. The van der Waals surface area contributed by atoms with E-state index in [0.717, 1.165) is 0 Å². The Balaban J connectivity index is 1.58. The Bertz CT molecular complexity index is 1190. The predicted molar refractivity (Wildman–Crippen MR) is 110 cm³/mol. The quantitative estimate of drug-likeness (QED) is 0.640. The first-order valence-corrected chi connectivity index (χ1v) is 11.1. The summed E-state index contributed by atoms with van der Waals surface area (Å²) in [6, 6.07) is 4.27. The molecule has 0 radical (unpaired) electrons.